The van der Waals surface area contributed by atoms with E-state index in [1.165, 1.54) is 12.4 Å². The molecule has 0 bridgehead atoms. The highest BCUT2D eigenvalue weighted by molar-refractivity contribution is 6.35. The van der Waals surface area contributed by atoms with Crippen molar-refractivity contribution in [3.8, 4) is 5.75 Å². The fourth-order valence-electron chi connectivity index (χ4n) is 2.11. The number of carbonyl (C=O) groups is 1. The summed E-state index contributed by atoms with van der Waals surface area (Å²) in [7, 11) is 1.58. The van der Waals surface area contributed by atoms with Crippen LogP contribution in [0.4, 0.5) is 17.2 Å². The Morgan fingerprint density at radius 3 is 2.46 bits per heavy atom. The van der Waals surface area contributed by atoms with E-state index in [1.54, 1.807) is 49.6 Å². The second kappa shape index (κ2) is 8.03. The van der Waals surface area contributed by atoms with Crippen LogP contribution in [-0.2, 0) is 0 Å². The molecule has 0 unspecified atom stereocenters. The predicted molar refractivity (Wildman–Crippen MR) is 103 cm³/mol. The quantitative estimate of drug-likeness (QED) is 0.656. The van der Waals surface area contributed by atoms with Crippen molar-refractivity contribution in [1.82, 2.24) is 9.97 Å². The van der Waals surface area contributed by atoms with E-state index >= 15 is 0 Å². The van der Waals surface area contributed by atoms with Crippen molar-refractivity contribution in [2.24, 2.45) is 0 Å². The maximum atomic E-state index is 12.2. The zero-order valence-electron chi connectivity index (χ0n) is 13.7. The Hall–Kier alpha value is -2.83. The van der Waals surface area contributed by atoms with Crippen LogP contribution in [0.5, 0.6) is 5.75 Å². The van der Waals surface area contributed by atoms with Gasteiger partial charge in [-0.3, -0.25) is 4.79 Å². The number of anilines is 3. The summed E-state index contributed by atoms with van der Waals surface area (Å²) in [5.41, 5.74) is 1.41. The molecule has 1 aromatic heterocycles. The first-order valence-corrected chi connectivity index (χ1v) is 8.30. The molecule has 0 aliphatic rings. The summed E-state index contributed by atoms with van der Waals surface area (Å²) < 4.78 is 5.08. The smallest absolute Gasteiger partial charge is 0.275 e. The van der Waals surface area contributed by atoms with Crippen molar-refractivity contribution in [2.75, 3.05) is 17.7 Å². The third-order valence-corrected chi connectivity index (χ3v) is 3.99. The number of rotatable bonds is 5. The van der Waals surface area contributed by atoms with Gasteiger partial charge in [0, 0.05) is 10.7 Å². The van der Waals surface area contributed by atoms with Gasteiger partial charge in [-0.1, -0.05) is 23.2 Å². The van der Waals surface area contributed by atoms with E-state index in [0.717, 1.165) is 0 Å². The second-order valence-electron chi connectivity index (χ2n) is 5.22. The van der Waals surface area contributed by atoms with Crippen LogP contribution in [-0.4, -0.2) is 23.0 Å². The lowest BCUT2D eigenvalue weighted by Crippen LogP contribution is -2.14. The molecule has 26 heavy (non-hydrogen) atoms. The van der Waals surface area contributed by atoms with E-state index in [4.69, 9.17) is 27.9 Å². The highest BCUT2D eigenvalue weighted by Gasteiger charge is 2.09. The molecule has 0 atom stereocenters. The Kier molecular flexibility index (Phi) is 5.55. The summed E-state index contributed by atoms with van der Waals surface area (Å²) in [4.78, 5) is 20.5. The summed E-state index contributed by atoms with van der Waals surface area (Å²) in [6.45, 7) is 0. The molecule has 1 heterocycles. The van der Waals surface area contributed by atoms with E-state index in [9.17, 15) is 4.79 Å². The number of nitrogens with zero attached hydrogens (tertiary/aromatic N) is 2. The molecule has 0 spiro atoms. The molecule has 6 nitrogen and oxygen atoms in total. The summed E-state index contributed by atoms with van der Waals surface area (Å²) in [5.74, 6) is 0.781. The highest BCUT2D eigenvalue weighted by atomic mass is 35.5. The van der Waals surface area contributed by atoms with Crippen molar-refractivity contribution in [2.45, 2.75) is 0 Å². The van der Waals surface area contributed by atoms with Gasteiger partial charge in [0.25, 0.3) is 5.91 Å². The fraction of sp³-hybridized carbons (Fsp3) is 0.0556. The Labute approximate surface area is 160 Å². The van der Waals surface area contributed by atoms with Crippen LogP contribution in [0.1, 0.15) is 10.5 Å². The lowest BCUT2D eigenvalue weighted by molar-refractivity contribution is 0.102. The number of hydrogen-bond donors (Lipinski definition) is 2. The normalized spacial score (nSPS) is 10.3. The zero-order chi connectivity index (χ0) is 18.5. The lowest BCUT2D eigenvalue weighted by Gasteiger charge is -2.09. The average molecular weight is 389 g/mol. The molecule has 3 aromatic rings. The predicted octanol–water partition coefficient (Wildman–Crippen LogP) is 4.79. The van der Waals surface area contributed by atoms with Crippen molar-refractivity contribution in [1.29, 1.82) is 0 Å². The zero-order valence-corrected chi connectivity index (χ0v) is 15.2. The van der Waals surface area contributed by atoms with Gasteiger partial charge in [-0.15, -0.1) is 0 Å². The molecule has 2 aromatic carbocycles. The molecule has 0 aliphatic heterocycles. The highest BCUT2D eigenvalue weighted by Crippen LogP contribution is 2.27. The summed E-state index contributed by atoms with van der Waals surface area (Å²) in [6, 6.07) is 12.0. The standard InChI is InChI=1S/C18H14Cl2N4O2/c1-26-13-5-3-12(4-6-13)23-18(25)16-9-22-17(10-21-16)24-15-8-11(19)2-7-14(15)20/h2-10H,1H3,(H,22,24)(H,23,25). The third kappa shape index (κ3) is 4.41. The van der Waals surface area contributed by atoms with E-state index in [0.29, 0.717) is 33.0 Å². The van der Waals surface area contributed by atoms with Gasteiger partial charge in [0.05, 0.1) is 30.2 Å². The van der Waals surface area contributed by atoms with Gasteiger partial charge < -0.3 is 15.4 Å². The topological polar surface area (TPSA) is 76.1 Å². The Morgan fingerprint density at radius 2 is 1.81 bits per heavy atom. The minimum atomic E-state index is -0.366. The maximum absolute atomic E-state index is 12.2. The Bertz CT molecular complexity index is 915. The van der Waals surface area contributed by atoms with Gasteiger partial charge in [0.1, 0.15) is 17.3 Å². The van der Waals surface area contributed by atoms with Gasteiger partial charge in [-0.25, -0.2) is 9.97 Å². The van der Waals surface area contributed by atoms with Crippen molar-refractivity contribution >= 4 is 46.3 Å². The SMILES string of the molecule is COc1ccc(NC(=O)c2cnc(Nc3cc(Cl)ccc3Cl)cn2)cc1. The molecular weight excluding hydrogens is 375 g/mol. The first-order valence-electron chi connectivity index (χ1n) is 7.54. The van der Waals surface area contributed by atoms with Crippen molar-refractivity contribution in [3.05, 3.63) is 70.6 Å². The van der Waals surface area contributed by atoms with Crippen molar-refractivity contribution in [3.63, 3.8) is 0 Å². The van der Waals surface area contributed by atoms with Crippen LogP contribution in [0.15, 0.2) is 54.9 Å². The molecule has 0 aliphatic carbocycles. The van der Waals surface area contributed by atoms with Crippen LogP contribution in [0.25, 0.3) is 0 Å². The number of amides is 1. The molecule has 0 fully saturated rings. The molecule has 0 saturated carbocycles. The number of nitrogens with one attached hydrogen (secondary N) is 2. The number of carbonyl (C=O) groups excluding carboxylic acids is 1. The molecule has 3 rings (SSSR count). The van der Waals surface area contributed by atoms with E-state index in [1.807, 2.05) is 0 Å². The Morgan fingerprint density at radius 1 is 1.04 bits per heavy atom. The fourth-order valence-corrected chi connectivity index (χ4v) is 2.45. The molecule has 8 heteroatoms. The average Bonchev–Trinajstić information content (AvgIpc) is 2.66. The van der Waals surface area contributed by atoms with E-state index in [2.05, 4.69) is 20.6 Å². The number of benzene rings is 2. The third-order valence-electron chi connectivity index (χ3n) is 3.42. The van der Waals surface area contributed by atoms with Crippen LogP contribution in [0.3, 0.4) is 0 Å². The molecule has 0 radical (unpaired) electrons. The van der Waals surface area contributed by atoms with Crippen LogP contribution in [0, 0.1) is 0 Å². The summed E-state index contributed by atoms with van der Waals surface area (Å²) >= 11 is 12.0. The number of ether oxygens (including phenoxy) is 1. The van der Waals surface area contributed by atoms with Crippen LogP contribution in [0.2, 0.25) is 10.0 Å². The molecular formula is C18H14Cl2N4O2. The largest absolute Gasteiger partial charge is 0.497 e. The van der Waals surface area contributed by atoms with Gasteiger partial charge in [-0.2, -0.15) is 0 Å². The molecule has 0 saturated heterocycles. The van der Waals surface area contributed by atoms with Crippen LogP contribution >= 0.6 is 23.2 Å². The summed E-state index contributed by atoms with van der Waals surface area (Å²) in [6.07, 6.45) is 2.82. The first kappa shape index (κ1) is 18.0. The van der Waals surface area contributed by atoms with Gasteiger partial charge in [0.2, 0.25) is 0 Å². The number of halogens is 2. The van der Waals surface area contributed by atoms with Gasteiger partial charge >= 0.3 is 0 Å². The molecule has 1 amide bonds. The molecule has 2 N–H and O–H groups in total. The monoisotopic (exact) mass is 388 g/mol. The van der Waals surface area contributed by atoms with Crippen LogP contribution < -0.4 is 15.4 Å². The maximum Gasteiger partial charge on any atom is 0.275 e. The minimum absolute atomic E-state index is 0.184. The Balaban J connectivity index is 1.68. The summed E-state index contributed by atoms with van der Waals surface area (Å²) in [5, 5.41) is 6.78. The number of methoxy groups -OCH3 is 1. The lowest BCUT2D eigenvalue weighted by atomic mass is 10.3. The minimum Gasteiger partial charge on any atom is -0.497 e. The van der Waals surface area contributed by atoms with E-state index < -0.39 is 0 Å². The van der Waals surface area contributed by atoms with Crippen molar-refractivity contribution < 1.29 is 9.53 Å². The molecule has 132 valence electrons. The first-order chi connectivity index (χ1) is 12.5. The van der Waals surface area contributed by atoms with E-state index in [-0.39, 0.29) is 11.6 Å². The number of aromatic nitrogens is 2. The second-order valence-corrected chi connectivity index (χ2v) is 6.06. The van der Waals surface area contributed by atoms with Gasteiger partial charge in [0.15, 0.2) is 0 Å². The van der Waals surface area contributed by atoms with Gasteiger partial charge in [-0.05, 0) is 42.5 Å². The number of hydrogen-bond acceptors (Lipinski definition) is 5.